The molecular formula is C17H21F2N3O3. The first-order valence-electron chi connectivity index (χ1n) is 8.37. The van der Waals surface area contributed by atoms with Crippen molar-refractivity contribution in [3.8, 4) is 0 Å². The first-order valence-corrected chi connectivity index (χ1v) is 8.37. The lowest BCUT2D eigenvalue weighted by Crippen LogP contribution is -2.42. The summed E-state index contributed by atoms with van der Waals surface area (Å²) < 4.78 is 31.5. The molecule has 2 amide bonds. The van der Waals surface area contributed by atoms with E-state index in [1.807, 2.05) is 0 Å². The summed E-state index contributed by atoms with van der Waals surface area (Å²) in [6.07, 6.45) is 0.221. The van der Waals surface area contributed by atoms with Gasteiger partial charge in [-0.2, -0.15) is 0 Å². The van der Waals surface area contributed by atoms with Gasteiger partial charge in [0.25, 0.3) is 5.91 Å². The van der Waals surface area contributed by atoms with E-state index in [9.17, 15) is 18.4 Å². The van der Waals surface area contributed by atoms with Crippen molar-refractivity contribution in [2.45, 2.75) is 12.5 Å². The number of rotatable bonds is 5. The molecule has 1 atom stereocenters. The molecule has 136 valence electrons. The summed E-state index contributed by atoms with van der Waals surface area (Å²) >= 11 is 0. The minimum atomic E-state index is -1.07. The zero-order valence-corrected chi connectivity index (χ0v) is 13.8. The number of nitrogens with one attached hydrogen (secondary N) is 1. The van der Waals surface area contributed by atoms with Crippen LogP contribution in [0.15, 0.2) is 18.2 Å². The zero-order chi connectivity index (χ0) is 17.8. The summed E-state index contributed by atoms with van der Waals surface area (Å²) in [4.78, 5) is 28.2. The number of halogens is 2. The topological polar surface area (TPSA) is 61.9 Å². The third kappa shape index (κ3) is 4.52. The van der Waals surface area contributed by atoms with Gasteiger partial charge in [0.2, 0.25) is 5.91 Å². The van der Waals surface area contributed by atoms with Gasteiger partial charge in [-0.3, -0.25) is 14.5 Å². The van der Waals surface area contributed by atoms with E-state index in [-0.39, 0.29) is 23.9 Å². The highest BCUT2D eigenvalue weighted by Crippen LogP contribution is 2.13. The lowest BCUT2D eigenvalue weighted by Gasteiger charge is -2.28. The van der Waals surface area contributed by atoms with Gasteiger partial charge >= 0.3 is 0 Å². The Morgan fingerprint density at radius 1 is 1.20 bits per heavy atom. The molecule has 6 nitrogen and oxygen atoms in total. The maximum absolute atomic E-state index is 13.2. The lowest BCUT2D eigenvalue weighted by molar-refractivity contribution is -0.128. The van der Waals surface area contributed by atoms with E-state index < -0.39 is 17.5 Å². The molecule has 1 unspecified atom stereocenters. The number of nitrogens with zero attached hydrogens (tertiary/aromatic N) is 2. The van der Waals surface area contributed by atoms with Crippen molar-refractivity contribution >= 4 is 11.8 Å². The third-order valence-corrected chi connectivity index (χ3v) is 4.52. The average molecular weight is 353 g/mol. The molecule has 1 aromatic carbocycles. The number of likely N-dealkylation sites (tertiary alicyclic amines) is 1. The van der Waals surface area contributed by atoms with Crippen molar-refractivity contribution in [1.82, 2.24) is 15.1 Å². The second-order valence-electron chi connectivity index (χ2n) is 6.30. The second kappa shape index (κ2) is 7.88. The highest BCUT2D eigenvalue weighted by Gasteiger charge is 2.31. The number of morpholine rings is 1. The molecule has 0 aromatic heterocycles. The van der Waals surface area contributed by atoms with Gasteiger partial charge in [0.15, 0.2) is 11.6 Å². The molecule has 3 rings (SSSR count). The number of ether oxygens (including phenoxy) is 1. The van der Waals surface area contributed by atoms with E-state index in [0.29, 0.717) is 26.3 Å². The quantitative estimate of drug-likeness (QED) is 0.843. The summed E-state index contributed by atoms with van der Waals surface area (Å²) in [7, 11) is 0. The molecule has 1 aromatic rings. The summed E-state index contributed by atoms with van der Waals surface area (Å²) in [5, 5.41) is 2.72. The first-order chi connectivity index (χ1) is 12.0. The van der Waals surface area contributed by atoms with Crippen molar-refractivity contribution in [3.05, 3.63) is 35.4 Å². The SMILES string of the molecule is O=C(NC1CC(=O)N(CCN2CCOCC2)C1)c1ccc(F)c(F)c1. The number of carbonyl (C=O) groups excluding carboxylic acids is 2. The van der Waals surface area contributed by atoms with Gasteiger partial charge < -0.3 is 15.0 Å². The van der Waals surface area contributed by atoms with E-state index in [0.717, 1.165) is 31.8 Å². The molecule has 0 aliphatic carbocycles. The molecule has 1 N–H and O–H groups in total. The Bertz CT molecular complexity index is 650. The molecule has 0 saturated carbocycles. The molecule has 2 saturated heterocycles. The Kier molecular flexibility index (Phi) is 5.60. The maximum atomic E-state index is 13.2. The molecular weight excluding hydrogens is 332 g/mol. The smallest absolute Gasteiger partial charge is 0.251 e. The highest BCUT2D eigenvalue weighted by atomic mass is 19.2. The van der Waals surface area contributed by atoms with Gasteiger partial charge in [0, 0.05) is 44.7 Å². The fraction of sp³-hybridized carbons (Fsp3) is 0.529. The van der Waals surface area contributed by atoms with Gasteiger partial charge in [-0.1, -0.05) is 0 Å². The Hall–Kier alpha value is -2.06. The molecule has 0 radical (unpaired) electrons. The van der Waals surface area contributed by atoms with Crippen LogP contribution in [0.4, 0.5) is 8.78 Å². The zero-order valence-electron chi connectivity index (χ0n) is 13.8. The van der Waals surface area contributed by atoms with Crippen LogP contribution >= 0.6 is 0 Å². The normalized spacial score (nSPS) is 21.6. The molecule has 2 aliphatic heterocycles. The molecule has 25 heavy (non-hydrogen) atoms. The van der Waals surface area contributed by atoms with Crippen LogP contribution in [0.3, 0.4) is 0 Å². The van der Waals surface area contributed by atoms with Crippen LogP contribution in [-0.4, -0.2) is 73.6 Å². The van der Waals surface area contributed by atoms with Crippen molar-refractivity contribution in [2.24, 2.45) is 0 Å². The standard InChI is InChI=1S/C17H21F2N3O3/c18-14-2-1-12(9-15(14)19)17(24)20-13-10-16(23)22(11-13)4-3-21-5-7-25-8-6-21/h1-2,9,13H,3-8,10-11H2,(H,20,24). The van der Waals surface area contributed by atoms with Crippen LogP contribution in [0.1, 0.15) is 16.8 Å². The monoisotopic (exact) mass is 353 g/mol. The second-order valence-corrected chi connectivity index (χ2v) is 6.30. The largest absolute Gasteiger partial charge is 0.379 e. The third-order valence-electron chi connectivity index (χ3n) is 4.52. The Labute approximate surface area is 144 Å². The number of hydrogen-bond donors (Lipinski definition) is 1. The number of carbonyl (C=O) groups is 2. The van der Waals surface area contributed by atoms with E-state index in [2.05, 4.69) is 10.2 Å². The average Bonchev–Trinajstić information content (AvgIpc) is 2.95. The van der Waals surface area contributed by atoms with E-state index in [4.69, 9.17) is 4.74 Å². The van der Waals surface area contributed by atoms with Crippen LogP contribution in [0, 0.1) is 11.6 Å². The van der Waals surface area contributed by atoms with Crippen molar-refractivity contribution < 1.29 is 23.1 Å². The predicted octanol–water partition coefficient (Wildman–Crippen LogP) is 0.628. The van der Waals surface area contributed by atoms with Crippen molar-refractivity contribution in [3.63, 3.8) is 0 Å². The number of amides is 2. The maximum Gasteiger partial charge on any atom is 0.251 e. The molecule has 2 fully saturated rings. The van der Waals surface area contributed by atoms with E-state index in [1.54, 1.807) is 4.90 Å². The highest BCUT2D eigenvalue weighted by molar-refractivity contribution is 5.95. The number of benzene rings is 1. The molecule has 2 heterocycles. The number of hydrogen-bond acceptors (Lipinski definition) is 4. The van der Waals surface area contributed by atoms with Crippen LogP contribution in [0.2, 0.25) is 0 Å². The lowest BCUT2D eigenvalue weighted by atomic mass is 10.1. The van der Waals surface area contributed by atoms with Crippen molar-refractivity contribution in [1.29, 1.82) is 0 Å². The molecule has 8 heteroatoms. The first kappa shape index (κ1) is 17.8. The molecule has 2 aliphatic rings. The minimum Gasteiger partial charge on any atom is -0.379 e. The van der Waals surface area contributed by atoms with E-state index >= 15 is 0 Å². The predicted molar refractivity (Wildman–Crippen MR) is 86.1 cm³/mol. The van der Waals surface area contributed by atoms with Crippen molar-refractivity contribution in [2.75, 3.05) is 45.9 Å². The molecule has 0 spiro atoms. The molecule has 0 bridgehead atoms. The summed E-state index contributed by atoms with van der Waals surface area (Å²) in [6.45, 7) is 4.95. The van der Waals surface area contributed by atoms with Gasteiger partial charge in [-0.25, -0.2) is 8.78 Å². The fourth-order valence-electron chi connectivity index (χ4n) is 3.08. The summed E-state index contributed by atoms with van der Waals surface area (Å²) in [5.41, 5.74) is 0.0399. The van der Waals surface area contributed by atoms with Crippen LogP contribution in [0.5, 0.6) is 0 Å². The summed E-state index contributed by atoms with van der Waals surface area (Å²) in [6, 6.07) is 2.68. The minimum absolute atomic E-state index is 0.0103. The fourth-order valence-corrected chi connectivity index (χ4v) is 3.08. The van der Waals surface area contributed by atoms with Gasteiger partial charge in [-0.05, 0) is 18.2 Å². The van der Waals surface area contributed by atoms with Crippen LogP contribution in [0.25, 0.3) is 0 Å². The summed E-state index contributed by atoms with van der Waals surface area (Å²) in [5.74, 6) is -2.58. The van der Waals surface area contributed by atoms with Gasteiger partial charge in [0.1, 0.15) is 0 Å². The Balaban J connectivity index is 1.49. The van der Waals surface area contributed by atoms with Gasteiger partial charge in [-0.15, -0.1) is 0 Å². The Morgan fingerprint density at radius 2 is 1.96 bits per heavy atom. The van der Waals surface area contributed by atoms with Crippen LogP contribution < -0.4 is 5.32 Å². The van der Waals surface area contributed by atoms with E-state index in [1.165, 1.54) is 6.07 Å². The Morgan fingerprint density at radius 3 is 2.68 bits per heavy atom. The van der Waals surface area contributed by atoms with Gasteiger partial charge in [0.05, 0.1) is 19.3 Å². The van der Waals surface area contributed by atoms with Crippen LogP contribution in [-0.2, 0) is 9.53 Å².